The fourth-order valence-corrected chi connectivity index (χ4v) is 2.94. The monoisotopic (exact) mass is 338 g/mol. The van der Waals surface area contributed by atoms with Gasteiger partial charge in [0.1, 0.15) is 5.75 Å². The van der Waals surface area contributed by atoms with Crippen molar-refractivity contribution >= 4 is 14.3 Å². The Morgan fingerprint density at radius 2 is 1.74 bits per heavy atom. The average Bonchev–Trinajstić information content (AvgIpc) is 2.46. The average molecular weight is 339 g/mol. The second kappa shape index (κ2) is 7.97. The molecule has 1 atom stereocenters. The largest absolute Gasteiger partial charge is 0.544 e. The molecule has 0 saturated heterocycles. The summed E-state index contributed by atoms with van der Waals surface area (Å²) in [6.45, 7) is 13.6. The van der Waals surface area contributed by atoms with Gasteiger partial charge in [-0.25, -0.2) is 0 Å². The van der Waals surface area contributed by atoms with Gasteiger partial charge in [-0.3, -0.25) is 4.79 Å². The lowest BCUT2D eigenvalue weighted by atomic mass is 10.1. The highest BCUT2D eigenvalue weighted by molar-refractivity contribution is 6.74. The Morgan fingerprint density at radius 3 is 2.17 bits per heavy atom. The highest BCUT2D eigenvalue weighted by Crippen LogP contribution is 2.37. The van der Waals surface area contributed by atoms with E-state index in [2.05, 4.69) is 33.9 Å². The summed E-state index contributed by atoms with van der Waals surface area (Å²) in [7, 11) is -0.452. The lowest BCUT2D eigenvalue weighted by Crippen LogP contribution is -2.43. The summed E-state index contributed by atoms with van der Waals surface area (Å²) in [6, 6.07) is 7.84. The molecule has 4 nitrogen and oxygen atoms in total. The van der Waals surface area contributed by atoms with Gasteiger partial charge in [0.15, 0.2) is 0 Å². The molecule has 5 heteroatoms. The van der Waals surface area contributed by atoms with Crippen molar-refractivity contribution in [2.45, 2.75) is 58.4 Å². The van der Waals surface area contributed by atoms with Gasteiger partial charge in [0, 0.05) is 6.61 Å². The van der Waals surface area contributed by atoms with Gasteiger partial charge in [0.25, 0.3) is 0 Å². The lowest BCUT2D eigenvalue weighted by Gasteiger charge is -2.36. The van der Waals surface area contributed by atoms with Crippen LogP contribution in [-0.2, 0) is 14.3 Å². The van der Waals surface area contributed by atoms with Crippen LogP contribution in [0.4, 0.5) is 0 Å². The summed E-state index contributed by atoms with van der Waals surface area (Å²) in [5.74, 6) is 0.596. The molecular formula is C18H30O4Si. The van der Waals surface area contributed by atoms with Crippen LogP contribution in [0.3, 0.4) is 0 Å². The molecule has 0 aliphatic carbocycles. The van der Waals surface area contributed by atoms with Crippen LogP contribution in [-0.4, -0.2) is 28.0 Å². The number of benzene rings is 1. The van der Waals surface area contributed by atoms with Crippen molar-refractivity contribution in [2.24, 2.45) is 0 Å². The standard InChI is InChI=1S/C18H30O4Si/c1-8-21-16(13-17(19)20-5)14-9-11-15(12-10-14)22-23(6,7)18(2,3)4/h9-12,16H,8,13H2,1-7H3/t16-/m0/s1. The molecular weight excluding hydrogens is 308 g/mol. The first kappa shape index (κ1) is 19.7. The summed E-state index contributed by atoms with van der Waals surface area (Å²) in [5, 5.41) is 0.157. The highest BCUT2D eigenvalue weighted by Gasteiger charge is 2.38. The molecule has 0 aliphatic heterocycles. The smallest absolute Gasteiger partial charge is 0.308 e. The van der Waals surface area contributed by atoms with Crippen LogP contribution in [0.25, 0.3) is 0 Å². The molecule has 1 rings (SSSR count). The van der Waals surface area contributed by atoms with Gasteiger partial charge in [-0.05, 0) is 42.8 Å². The van der Waals surface area contributed by atoms with E-state index in [9.17, 15) is 4.79 Å². The van der Waals surface area contributed by atoms with E-state index in [1.165, 1.54) is 7.11 Å². The predicted molar refractivity (Wildman–Crippen MR) is 95.3 cm³/mol. The first-order valence-corrected chi connectivity index (χ1v) is 11.0. The normalized spacial score (nSPS) is 13.5. The number of rotatable bonds is 7. The predicted octanol–water partition coefficient (Wildman–Crippen LogP) is 4.71. The number of methoxy groups -OCH3 is 1. The molecule has 0 N–H and O–H groups in total. The summed E-state index contributed by atoms with van der Waals surface area (Å²) in [4.78, 5) is 11.5. The Kier molecular flexibility index (Phi) is 6.83. The Hall–Kier alpha value is -1.33. The van der Waals surface area contributed by atoms with Crippen LogP contribution in [0.15, 0.2) is 24.3 Å². The Labute approximate surface area is 141 Å². The molecule has 0 heterocycles. The maximum Gasteiger partial charge on any atom is 0.308 e. The maximum atomic E-state index is 11.5. The Morgan fingerprint density at radius 1 is 1.17 bits per heavy atom. The van der Waals surface area contributed by atoms with Gasteiger partial charge < -0.3 is 13.9 Å². The molecule has 0 saturated carbocycles. The van der Waals surface area contributed by atoms with E-state index in [-0.39, 0.29) is 23.5 Å². The molecule has 0 aromatic heterocycles. The summed E-state index contributed by atoms with van der Waals surface area (Å²) in [6.07, 6.45) is -0.0679. The third-order valence-corrected chi connectivity index (χ3v) is 8.74. The molecule has 0 bridgehead atoms. The van der Waals surface area contributed by atoms with Gasteiger partial charge >= 0.3 is 5.97 Å². The zero-order valence-corrected chi connectivity index (χ0v) is 16.4. The first-order chi connectivity index (χ1) is 10.6. The number of carbonyl (C=O) groups is 1. The molecule has 0 spiro atoms. The molecule has 0 unspecified atom stereocenters. The first-order valence-electron chi connectivity index (χ1n) is 8.08. The third-order valence-electron chi connectivity index (χ3n) is 4.38. The number of ether oxygens (including phenoxy) is 2. The van der Waals surface area contributed by atoms with Gasteiger partial charge in [0.2, 0.25) is 8.32 Å². The van der Waals surface area contributed by atoms with Crippen molar-refractivity contribution in [3.63, 3.8) is 0 Å². The molecule has 1 aromatic carbocycles. The minimum absolute atomic E-state index is 0.157. The number of esters is 1. The quantitative estimate of drug-likeness (QED) is 0.533. The summed E-state index contributed by atoms with van der Waals surface area (Å²) >= 11 is 0. The number of hydrogen-bond acceptors (Lipinski definition) is 4. The van der Waals surface area contributed by atoms with Gasteiger partial charge in [0.05, 0.1) is 19.6 Å². The van der Waals surface area contributed by atoms with Gasteiger partial charge in [-0.1, -0.05) is 32.9 Å². The molecule has 0 amide bonds. The topological polar surface area (TPSA) is 44.8 Å². The molecule has 0 aliphatic rings. The zero-order chi connectivity index (χ0) is 17.7. The van der Waals surface area contributed by atoms with E-state index in [0.717, 1.165) is 11.3 Å². The molecule has 1 aromatic rings. The van der Waals surface area contributed by atoms with E-state index in [0.29, 0.717) is 6.61 Å². The van der Waals surface area contributed by atoms with E-state index >= 15 is 0 Å². The zero-order valence-electron chi connectivity index (χ0n) is 15.4. The van der Waals surface area contributed by atoms with E-state index in [4.69, 9.17) is 13.9 Å². The molecule has 0 fully saturated rings. The Bertz CT molecular complexity index is 503. The van der Waals surface area contributed by atoms with Crippen molar-refractivity contribution in [2.75, 3.05) is 13.7 Å². The fourth-order valence-electron chi connectivity index (χ4n) is 1.91. The van der Waals surface area contributed by atoms with E-state index in [1.54, 1.807) is 0 Å². The number of hydrogen-bond donors (Lipinski definition) is 0. The fraction of sp³-hybridized carbons (Fsp3) is 0.611. The highest BCUT2D eigenvalue weighted by atomic mass is 28.4. The van der Waals surface area contributed by atoms with Crippen molar-refractivity contribution in [3.05, 3.63) is 29.8 Å². The van der Waals surface area contributed by atoms with Gasteiger partial charge in [-0.15, -0.1) is 0 Å². The SMILES string of the molecule is CCO[C@@H](CC(=O)OC)c1ccc(O[Si](C)(C)C(C)(C)C)cc1. The minimum Gasteiger partial charge on any atom is -0.544 e. The maximum absolute atomic E-state index is 11.5. The lowest BCUT2D eigenvalue weighted by molar-refractivity contribution is -0.143. The summed E-state index contributed by atoms with van der Waals surface area (Å²) in [5.41, 5.74) is 0.958. The third kappa shape index (κ3) is 5.66. The van der Waals surface area contributed by atoms with Crippen molar-refractivity contribution in [1.29, 1.82) is 0 Å². The van der Waals surface area contributed by atoms with E-state index in [1.807, 2.05) is 31.2 Å². The van der Waals surface area contributed by atoms with E-state index < -0.39 is 8.32 Å². The van der Waals surface area contributed by atoms with Crippen LogP contribution < -0.4 is 4.43 Å². The van der Waals surface area contributed by atoms with Crippen molar-refractivity contribution in [3.8, 4) is 5.75 Å². The molecule has 130 valence electrons. The molecule has 0 radical (unpaired) electrons. The van der Waals surface area contributed by atoms with Crippen LogP contribution in [0.5, 0.6) is 5.75 Å². The van der Waals surface area contributed by atoms with Crippen LogP contribution in [0, 0.1) is 0 Å². The van der Waals surface area contributed by atoms with Crippen molar-refractivity contribution < 1.29 is 18.7 Å². The minimum atomic E-state index is -1.84. The van der Waals surface area contributed by atoms with Crippen LogP contribution >= 0.6 is 0 Å². The summed E-state index contributed by atoms with van der Waals surface area (Å²) < 4.78 is 16.7. The second-order valence-corrected chi connectivity index (χ2v) is 11.9. The molecule has 23 heavy (non-hydrogen) atoms. The Balaban J connectivity index is 2.87. The van der Waals surface area contributed by atoms with Gasteiger partial charge in [-0.2, -0.15) is 0 Å². The van der Waals surface area contributed by atoms with Crippen molar-refractivity contribution in [1.82, 2.24) is 0 Å². The van der Waals surface area contributed by atoms with Crippen LogP contribution in [0.2, 0.25) is 18.1 Å². The second-order valence-electron chi connectivity index (χ2n) is 7.16. The number of carbonyl (C=O) groups excluding carboxylic acids is 1. The van der Waals surface area contributed by atoms with Crippen LogP contribution in [0.1, 0.15) is 45.8 Å².